The Morgan fingerprint density at radius 1 is 1.41 bits per heavy atom. The summed E-state index contributed by atoms with van der Waals surface area (Å²) in [4.78, 5) is 34.9. The number of thiophene rings is 1. The predicted octanol–water partition coefficient (Wildman–Crippen LogP) is 4.07. The molecule has 0 aromatic carbocycles. The summed E-state index contributed by atoms with van der Waals surface area (Å²) in [6.45, 7) is 3.10. The van der Waals surface area contributed by atoms with E-state index in [0.717, 1.165) is 29.1 Å². The Morgan fingerprint density at radius 3 is 2.78 bits per heavy atom. The number of thiazole rings is 1. The highest BCUT2D eigenvalue weighted by molar-refractivity contribution is 7.19. The average Bonchev–Trinajstić information content (AvgIpc) is 3.26. The second-order valence-corrected chi connectivity index (χ2v) is 9.48. The number of nitrogens with zero attached hydrogens (tertiary/aromatic N) is 3. The van der Waals surface area contributed by atoms with Crippen LogP contribution in [0.1, 0.15) is 39.0 Å². The van der Waals surface area contributed by atoms with Crippen molar-refractivity contribution < 1.29 is 9.59 Å². The highest BCUT2D eigenvalue weighted by atomic mass is 35.5. The number of amides is 2. The minimum atomic E-state index is -0.194. The molecule has 2 aromatic rings. The van der Waals surface area contributed by atoms with Gasteiger partial charge in [0.05, 0.1) is 24.3 Å². The molecule has 0 unspecified atom stereocenters. The molecule has 1 atom stereocenters. The third-order valence-corrected chi connectivity index (χ3v) is 6.41. The van der Waals surface area contributed by atoms with E-state index < -0.39 is 0 Å². The number of aromatic nitrogens is 1. The molecule has 1 aliphatic heterocycles. The lowest BCUT2D eigenvalue weighted by Gasteiger charge is -2.25. The van der Waals surface area contributed by atoms with Crippen LogP contribution in [0.3, 0.4) is 0 Å². The van der Waals surface area contributed by atoms with Crippen molar-refractivity contribution in [3.8, 4) is 0 Å². The topological polar surface area (TPSA) is 65.5 Å². The van der Waals surface area contributed by atoms with E-state index in [9.17, 15) is 9.59 Å². The maximum atomic E-state index is 12.6. The molecule has 3 heterocycles. The molecule has 2 aromatic heterocycles. The van der Waals surface area contributed by atoms with E-state index in [0.29, 0.717) is 21.6 Å². The summed E-state index contributed by atoms with van der Waals surface area (Å²) >= 11 is 8.67. The predicted molar refractivity (Wildman–Crippen MR) is 114 cm³/mol. The number of carbonyl (C=O) groups excluding carboxylic acids is 2. The Bertz CT molecular complexity index is 822. The summed E-state index contributed by atoms with van der Waals surface area (Å²) in [5.74, 6) is -0.0628. The summed E-state index contributed by atoms with van der Waals surface area (Å²) in [7, 11) is 3.79. The molecule has 3 rings (SSSR count). The number of carbonyl (C=O) groups is 2. The zero-order chi connectivity index (χ0) is 18.8. The Kier molecular flexibility index (Phi) is 7.64. The van der Waals surface area contributed by atoms with Gasteiger partial charge in [0.1, 0.15) is 4.34 Å². The monoisotopic (exact) mass is 448 g/mol. The van der Waals surface area contributed by atoms with E-state index in [1.54, 1.807) is 11.3 Å². The zero-order valence-corrected chi connectivity index (χ0v) is 18.5. The first-order chi connectivity index (χ1) is 12.3. The summed E-state index contributed by atoms with van der Waals surface area (Å²) in [5, 5.41) is 3.27. The van der Waals surface area contributed by atoms with Crippen molar-refractivity contribution in [3.05, 3.63) is 31.9 Å². The number of anilines is 1. The summed E-state index contributed by atoms with van der Waals surface area (Å²) < 4.78 is 0.532. The molecule has 1 saturated heterocycles. The van der Waals surface area contributed by atoms with Crippen molar-refractivity contribution in [1.29, 1.82) is 0 Å². The molecule has 2 amide bonds. The van der Waals surface area contributed by atoms with E-state index in [1.807, 2.05) is 36.9 Å². The molecule has 1 fully saturated rings. The van der Waals surface area contributed by atoms with E-state index in [1.165, 1.54) is 17.5 Å². The number of likely N-dealkylation sites (tertiary alicyclic amines) is 1. The minimum absolute atomic E-state index is 0. The lowest BCUT2D eigenvalue weighted by Crippen LogP contribution is -2.37. The van der Waals surface area contributed by atoms with E-state index in [-0.39, 0.29) is 30.3 Å². The van der Waals surface area contributed by atoms with E-state index >= 15 is 0 Å². The molecule has 0 saturated carbocycles. The van der Waals surface area contributed by atoms with E-state index in [2.05, 4.69) is 10.3 Å². The number of hydrogen-bond acceptors (Lipinski definition) is 6. The lowest BCUT2D eigenvalue weighted by atomic mass is 10.1. The van der Waals surface area contributed by atoms with Gasteiger partial charge in [0, 0.05) is 16.3 Å². The summed E-state index contributed by atoms with van der Waals surface area (Å²) in [6, 6.07) is 1.97. The number of aryl methyl sites for hydroxylation is 1. The number of likely N-dealkylation sites (N-methyl/N-ethyl adjacent to an activating group) is 1. The van der Waals surface area contributed by atoms with Gasteiger partial charge in [0.15, 0.2) is 5.13 Å². The van der Waals surface area contributed by atoms with Crippen LogP contribution in [-0.4, -0.2) is 53.8 Å². The normalized spacial score (nSPS) is 16.5. The van der Waals surface area contributed by atoms with Crippen LogP contribution in [0.4, 0.5) is 5.13 Å². The van der Waals surface area contributed by atoms with Gasteiger partial charge in [-0.3, -0.25) is 14.9 Å². The van der Waals surface area contributed by atoms with Crippen molar-refractivity contribution in [1.82, 2.24) is 14.8 Å². The molecule has 27 heavy (non-hydrogen) atoms. The van der Waals surface area contributed by atoms with Crippen LogP contribution >= 0.6 is 46.7 Å². The Balaban J connectivity index is 0.00000261. The van der Waals surface area contributed by atoms with Gasteiger partial charge in [0.2, 0.25) is 5.91 Å². The van der Waals surface area contributed by atoms with Crippen LogP contribution < -0.4 is 5.32 Å². The Morgan fingerprint density at radius 2 is 2.15 bits per heavy atom. The number of rotatable bonds is 5. The highest BCUT2D eigenvalue weighted by Crippen LogP contribution is 2.37. The quantitative estimate of drug-likeness (QED) is 0.748. The molecule has 0 spiro atoms. The molecule has 0 bridgehead atoms. The molecule has 10 heteroatoms. The van der Waals surface area contributed by atoms with Gasteiger partial charge >= 0.3 is 0 Å². The first-order valence-electron chi connectivity index (χ1n) is 8.32. The smallest absolute Gasteiger partial charge is 0.258 e. The van der Waals surface area contributed by atoms with Crippen LogP contribution in [0.25, 0.3) is 0 Å². The largest absolute Gasteiger partial charge is 0.334 e. The molecule has 0 aliphatic carbocycles. The first-order valence-corrected chi connectivity index (χ1v) is 10.3. The van der Waals surface area contributed by atoms with Crippen LogP contribution in [0.15, 0.2) is 12.3 Å². The second kappa shape index (κ2) is 9.34. The molecule has 1 aliphatic rings. The number of halogens is 2. The van der Waals surface area contributed by atoms with Crippen molar-refractivity contribution in [2.45, 2.75) is 25.8 Å². The fourth-order valence-electron chi connectivity index (χ4n) is 3.09. The molecule has 6 nitrogen and oxygen atoms in total. The average molecular weight is 449 g/mol. The fourth-order valence-corrected chi connectivity index (χ4v) is 5.07. The third-order valence-electron chi connectivity index (χ3n) is 4.23. The molecule has 0 radical (unpaired) electrons. The summed E-state index contributed by atoms with van der Waals surface area (Å²) in [5.41, 5.74) is 0.628. The van der Waals surface area contributed by atoms with Crippen LogP contribution in [0.2, 0.25) is 4.34 Å². The van der Waals surface area contributed by atoms with Crippen molar-refractivity contribution in [2.24, 2.45) is 0 Å². The lowest BCUT2D eigenvalue weighted by molar-refractivity contribution is -0.132. The number of nitrogens with one attached hydrogen (secondary N) is 1. The second-order valence-electron chi connectivity index (χ2n) is 6.53. The van der Waals surface area contributed by atoms with Gasteiger partial charge in [-0.25, -0.2) is 4.98 Å². The highest BCUT2D eigenvalue weighted by Gasteiger charge is 2.32. The minimum Gasteiger partial charge on any atom is -0.334 e. The van der Waals surface area contributed by atoms with Gasteiger partial charge in [-0.2, -0.15) is 0 Å². The van der Waals surface area contributed by atoms with Gasteiger partial charge in [-0.15, -0.1) is 23.7 Å². The standard InChI is InChI=1S/C17H21ClN4O2S2.ClH/c1-10-11(16(24)20-17-19-8-14(18)26-17)7-13(25-10)12-5-4-6-22(12)15(23)9-21(2)3;/h7-8,12H,4-6,9H2,1-3H3,(H,19,20,24);1H/t12-;/m0./s1. The third kappa shape index (κ3) is 5.20. The van der Waals surface area contributed by atoms with Gasteiger partial charge in [0.25, 0.3) is 5.91 Å². The van der Waals surface area contributed by atoms with Crippen LogP contribution in [0, 0.1) is 6.92 Å². The molecule has 148 valence electrons. The van der Waals surface area contributed by atoms with Gasteiger partial charge in [-0.1, -0.05) is 22.9 Å². The maximum Gasteiger partial charge on any atom is 0.258 e. The van der Waals surface area contributed by atoms with Gasteiger partial charge in [-0.05, 0) is 39.9 Å². The first kappa shape index (κ1) is 22.1. The van der Waals surface area contributed by atoms with Gasteiger partial charge < -0.3 is 9.80 Å². The Hall–Kier alpha value is -1.19. The fraction of sp³-hybridized carbons (Fsp3) is 0.471. The van der Waals surface area contributed by atoms with Crippen molar-refractivity contribution in [2.75, 3.05) is 32.5 Å². The zero-order valence-electron chi connectivity index (χ0n) is 15.3. The van der Waals surface area contributed by atoms with Crippen molar-refractivity contribution >= 4 is 63.6 Å². The van der Waals surface area contributed by atoms with E-state index in [4.69, 9.17) is 11.6 Å². The molecular formula is C17H22Cl2N4O2S2. The van der Waals surface area contributed by atoms with Crippen LogP contribution in [0.5, 0.6) is 0 Å². The Labute approximate surface area is 177 Å². The number of hydrogen-bond donors (Lipinski definition) is 1. The summed E-state index contributed by atoms with van der Waals surface area (Å²) in [6.07, 6.45) is 3.43. The van der Waals surface area contributed by atoms with Crippen LogP contribution in [-0.2, 0) is 4.79 Å². The SMILES string of the molecule is Cc1sc([C@@H]2CCCN2C(=O)CN(C)C)cc1C(=O)Nc1ncc(Cl)s1.Cl. The van der Waals surface area contributed by atoms with Crippen molar-refractivity contribution in [3.63, 3.8) is 0 Å². The molecular weight excluding hydrogens is 427 g/mol. The maximum absolute atomic E-state index is 12.6. The molecule has 1 N–H and O–H groups in total.